The van der Waals surface area contributed by atoms with E-state index in [0.29, 0.717) is 0 Å². The first kappa shape index (κ1) is 7.25. The normalized spacial score (nSPS) is 28.5. The van der Waals surface area contributed by atoms with E-state index in [4.69, 9.17) is 4.74 Å². The molecule has 0 saturated carbocycles. The van der Waals surface area contributed by atoms with E-state index in [9.17, 15) is 0 Å². The van der Waals surface area contributed by atoms with Crippen LogP contribution in [0.1, 0.15) is 12.6 Å². The molecule has 1 fully saturated rings. The van der Waals surface area contributed by atoms with Gasteiger partial charge >= 0.3 is 0 Å². The lowest BCUT2D eigenvalue weighted by atomic mass is 10.1. The van der Waals surface area contributed by atoms with Crippen molar-refractivity contribution in [2.24, 2.45) is 0 Å². The van der Waals surface area contributed by atoms with Gasteiger partial charge in [0.05, 0.1) is 12.3 Å². The number of ether oxygens (including phenoxy) is 1. The number of rotatable bonds is 1. The molecule has 0 bridgehead atoms. The zero-order chi connectivity index (χ0) is 7.90. The second kappa shape index (κ2) is 2.29. The fraction of sp³-hybridized carbons (Fsp3) is 0.375. The summed E-state index contributed by atoms with van der Waals surface area (Å²) in [6.45, 7) is 2.83. The standard InChI is InChI=1S/C8H8BrNO/c1-8(5-11-8)6-3-2-4-7(9)10-6/h2-4H,5H2,1H3/t8-/m1/s1. The zero-order valence-corrected chi connectivity index (χ0v) is 7.76. The molecular formula is C8H8BrNO. The summed E-state index contributed by atoms with van der Waals surface area (Å²) in [7, 11) is 0. The van der Waals surface area contributed by atoms with Crippen LogP contribution in [-0.2, 0) is 10.3 Å². The monoisotopic (exact) mass is 213 g/mol. The van der Waals surface area contributed by atoms with E-state index >= 15 is 0 Å². The van der Waals surface area contributed by atoms with Gasteiger partial charge in [-0.05, 0) is 35.0 Å². The molecule has 2 heterocycles. The van der Waals surface area contributed by atoms with Crippen LogP contribution in [-0.4, -0.2) is 11.6 Å². The van der Waals surface area contributed by atoms with E-state index in [2.05, 4.69) is 20.9 Å². The third kappa shape index (κ3) is 1.30. The van der Waals surface area contributed by atoms with E-state index in [1.807, 2.05) is 25.1 Å². The molecule has 58 valence electrons. The van der Waals surface area contributed by atoms with Crippen molar-refractivity contribution in [1.29, 1.82) is 0 Å². The molecule has 0 spiro atoms. The van der Waals surface area contributed by atoms with Crippen molar-refractivity contribution in [3.63, 3.8) is 0 Å². The molecule has 1 saturated heterocycles. The van der Waals surface area contributed by atoms with Gasteiger partial charge < -0.3 is 4.74 Å². The van der Waals surface area contributed by atoms with Crippen LogP contribution in [0.3, 0.4) is 0 Å². The predicted octanol–water partition coefficient (Wildman–Crippen LogP) is 2.09. The van der Waals surface area contributed by atoms with Gasteiger partial charge in [-0.1, -0.05) is 6.07 Å². The summed E-state index contributed by atoms with van der Waals surface area (Å²) in [6, 6.07) is 5.87. The molecule has 0 unspecified atom stereocenters. The molecule has 0 N–H and O–H groups in total. The van der Waals surface area contributed by atoms with Crippen molar-refractivity contribution in [2.45, 2.75) is 12.5 Å². The van der Waals surface area contributed by atoms with Gasteiger partial charge in [-0.25, -0.2) is 4.98 Å². The largest absolute Gasteiger partial charge is 0.363 e. The molecule has 1 aliphatic heterocycles. The second-order valence-electron chi connectivity index (χ2n) is 2.87. The maximum absolute atomic E-state index is 5.25. The first-order valence-electron chi connectivity index (χ1n) is 3.48. The molecule has 1 aromatic rings. The third-order valence-electron chi connectivity index (χ3n) is 1.83. The van der Waals surface area contributed by atoms with Gasteiger partial charge in [-0.3, -0.25) is 0 Å². The fourth-order valence-electron chi connectivity index (χ4n) is 0.959. The van der Waals surface area contributed by atoms with Crippen LogP contribution in [0.25, 0.3) is 0 Å². The Morgan fingerprint density at radius 2 is 2.36 bits per heavy atom. The predicted molar refractivity (Wildman–Crippen MR) is 45.2 cm³/mol. The number of epoxide rings is 1. The SMILES string of the molecule is C[C@]1(c2cccc(Br)n2)CO1. The second-order valence-corrected chi connectivity index (χ2v) is 3.68. The van der Waals surface area contributed by atoms with Gasteiger partial charge in [0.2, 0.25) is 0 Å². The molecule has 1 aromatic heterocycles. The molecule has 1 aliphatic rings. The Kier molecular flexibility index (Phi) is 1.51. The first-order valence-corrected chi connectivity index (χ1v) is 4.27. The number of hydrogen-bond donors (Lipinski definition) is 0. The maximum Gasteiger partial charge on any atom is 0.131 e. The average molecular weight is 214 g/mol. The molecule has 1 atom stereocenters. The van der Waals surface area contributed by atoms with Crippen LogP contribution < -0.4 is 0 Å². The highest BCUT2D eigenvalue weighted by atomic mass is 79.9. The fourth-order valence-corrected chi connectivity index (χ4v) is 1.30. The number of pyridine rings is 1. The number of halogens is 1. The third-order valence-corrected chi connectivity index (χ3v) is 2.28. The lowest BCUT2D eigenvalue weighted by molar-refractivity contribution is 0.323. The first-order chi connectivity index (χ1) is 5.21. The van der Waals surface area contributed by atoms with Gasteiger partial charge in [-0.15, -0.1) is 0 Å². The summed E-state index contributed by atoms with van der Waals surface area (Å²) in [5, 5.41) is 0. The highest BCUT2D eigenvalue weighted by molar-refractivity contribution is 9.10. The van der Waals surface area contributed by atoms with E-state index in [1.54, 1.807) is 0 Å². The van der Waals surface area contributed by atoms with Crippen molar-refractivity contribution in [1.82, 2.24) is 4.98 Å². The van der Waals surface area contributed by atoms with E-state index < -0.39 is 0 Å². The summed E-state index contributed by atoms with van der Waals surface area (Å²) in [5.74, 6) is 0. The molecule has 3 heteroatoms. The van der Waals surface area contributed by atoms with Gasteiger partial charge in [-0.2, -0.15) is 0 Å². The van der Waals surface area contributed by atoms with E-state index in [1.165, 1.54) is 0 Å². The smallest absolute Gasteiger partial charge is 0.131 e. The Labute approximate surface area is 73.7 Å². The quantitative estimate of drug-likeness (QED) is 0.528. The van der Waals surface area contributed by atoms with E-state index in [-0.39, 0.29) is 5.60 Å². The van der Waals surface area contributed by atoms with Gasteiger partial charge in [0.25, 0.3) is 0 Å². The highest BCUT2D eigenvalue weighted by Gasteiger charge is 2.42. The Morgan fingerprint density at radius 3 is 2.91 bits per heavy atom. The number of hydrogen-bond acceptors (Lipinski definition) is 2. The maximum atomic E-state index is 5.25. The molecule has 0 aromatic carbocycles. The van der Waals surface area contributed by atoms with Crippen molar-refractivity contribution in [2.75, 3.05) is 6.61 Å². The molecule has 0 radical (unpaired) electrons. The zero-order valence-electron chi connectivity index (χ0n) is 6.17. The lowest BCUT2D eigenvalue weighted by Crippen LogP contribution is -2.04. The van der Waals surface area contributed by atoms with Crippen LogP contribution in [0, 0.1) is 0 Å². The van der Waals surface area contributed by atoms with Crippen LogP contribution in [0.5, 0.6) is 0 Å². The minimum absolute atomic E-state index is 0.107. The van der Waals surface area contributed by atoms with Crippen molar-refractivity contribution in [3.8, 4) is 0 Å². The molecule has 11 heavy (non-hydrogen) atoms. The number of aromatic nitrogens is 1. The van der Waals surface area contributed by atoms with E-state index in [0.717, 1.165) is 16.9 Å². The Hall–Kier alpha value is -0.410. The van der Waals surface area contributed by atoms with Gasteiger partial charge in [0.15, 0.2) is 0 Å². The molecule has 2 rings (SSSR count). The van der Waals surface area contributed by atoms with Crippen molar-refractivity contribution < 1.29 is 4.74 Å². The van der Waals surface area contributed by atoms with Crippen LogP contribution in [0.15, 0.2) is 22.8 Å². The van der Waals surface area contributed by atoms with Crippen molar-refractivity contribution >= 4 is 15.9 Å². The lowest BCUT2D eigenvalue weighted by Gasteiger charge is -2.02. The van der Waals surface area contributed by atoms with Crippen molar-refractivity contribution in [3.05, 3.63) is 28.5 Å². The minimum atomic E-state index is -0.107. The minimum Gasteiger partial charge on any atom is -0.363 e. The number of nitrogens with zero attached hydrogens (tertiary/aromatic N) is 1. The van der Waals surface area contributed by atoms with Crippen LogP contribution in [0.4, 0.5) is 0 Å². The Morgan fingerprint density at radius 1 is 1.64 bits per heavy atom. The molecule has 2 nitrogen and oxygen atoms in total. The summed E-state index contributed by atoms with van der Waals surface area (Å²) in [6.07, 6.45) is 0. The summed E-state index contributed by atoms with van der Waals surface area (Å²) in [5.41, 5.74) is 0.899. The highest BCUT2D eigenvalue weighted by Crippen LogP contribution is 2.36. The topological polar surface area (TPSA) is 25.4 Å². The van der Waals surface area contributed by atoms with Gasteiger partial charge in [0, 0.05) is 0 Å². The van der Waals surface area contributed by atoms with Crippen LogP contribution >= 0.6 is 15.9 Å². The van der Waals surface area contributed by atoms with Gasteiger partial charge in [0.1, 0.15) is 10.2 Å². The summed E-state index contributed by atoms with van der Waals surface area (Å²) in [4.78, 5) is 4.30. The molecular weight excluding hydrogens is 206 g/mol. The summed E-state index contributed by atoms with van der Waals surface area (Å²) < 4.78 is 6.12. The average Bonchev–Trinajstić information content (AvgIpc) is 2.70. The van der Waals surface area contributed by atoms with Crippen LogP contribution in [0.2, 0.25) is 0 Å². The Bertz CT molecular complexity index is 283. The molecule has 0 aliphatic carbocycles. The Balaban J connectivity index is 2.38. The molecule has 0 amide bonds. The summed E-state index contributed by atoms with van der Waals surface area (Å²) >= 11 is 3.32.